The van der Waals surface area contributed by atoms with Crippen LogP contribution in [0.1, 0.15) is 49.4 Å². The van der Waals surface area contributed by atoms with Gasteiger partial charge in [0.15, 0.2) is 6.10 Å². The van der Waals surface area contributed by atoms with Gasteiger partial charge in [0.1, 0.15) is 5.75 Å². The Hall–Kier alpha value is -2.81. The van der Waals surface area contributed by atoms with Gasteiger partial charge in [0.2, 0.25) is 0 Å². The zero-order chi connectivity index (χ0) is 20.1. The molecule has 28 heavy (non-hydrogen) atoms. The van der Waals surface area contributed by atoms with Crippen molar-refractivity contribution in [1.29, 1.82) is 0 Å². The number of amides is 1. The maximum atomic E-state index is 12.9. The van der Waals surface area contributed by atoms with Crippen LogP contribution in [0.25, 0.3) is 10.8 Å². The molecule has 0 heterocycles. The summed E-state index contributed by atoms with van der Waals surface area (Å²) >= 11 is 0. The van der Waals surface area contributed by atoms with Gasteiger partial charge in [-0.2, -0.15) is 0 Å². The normalized spacial score (nSPS) is 13.1. The summed E-state index contributed by atoms with van der Waals surface area (Å²) in [6.07, 6.45) is 0.935. The monoisotopic (exact) mass is 375 g/mol. The van der Waals surface area contributed by atoms with E-state index in [4.69, 9.17) is 4.74 Å². The fourth-order valence-electron chi connectivity index (χ4n) is 3.61. The summed E-state index contributed by atoms with van der Waals surface area (Å²) in [5.74, 6) is 0.655. The maximum Gasteiger partial charge on any atom is 0.261 e. The van der Waals surface area contributed by atoms with E-state index in [0.29, 0.717) is 6.42 Å². The van der Waals surface area contributed by atoms with Gasteiger partial charge in [-0.3, -0.25) is 4.79 Å². The van der Waals surface area contributed by atoms with Crippen LogP contribution in [0.3, 0.4) is 0 Å². The molecular formula is C25H29NO2. The smallest absolute Gasteiger partial charge is 0.261 e. The van der Waals surface area contributed by atoms with Crippen molar-refractivity contribution in [3.8, 4) is 5.75 Å². The van der Waals surface area contributed by atoms with Crippen LogP contribution in [-0.4, -0.2) is 12.0 Å². The van der Waals surface area contributed by atoms with Crippen molar-refractivity contribution in [2.45, 2.75) is 52.7 Å². The van der Waals surface area contributed by atoms with E-state index < -0.39 is 6.10 Å². The molecule has 0 radical (unpaired) electrons. The number of ether oxygens (including phenoxy) is 1. The number of aryl methyl sites for hydroxylation is 2. The lowest BCUT2D eigenvalue weighted by Crippen LogP contribution is -2.40. The van der Waals surface area contributed by atoms with E-state index in [2.05, 4.69) is 56.4 Å². The van der Waals surface area contributed by atoms with Gasteiger partial charge in [-0.15, -0.1) is 0 Å². The van der Waals surface area contributed by atoms with Crippen LogP contribution >= 0.6 is 0 Å². The lowest BCUT2D eigenvalue weighted by Gasteiger charge is -2.24. The second-order valence-electron chi connectivity index (χ2n) is 7.35. The number of carbonyl (C=O) groups excluding carboxylic acids is 1. The first-order valence-electron chi connectivity index (χ1n) is 10.0. The second kappa shape index (κ2) is 8.92. The first-order valence-corrected chi connectivity index (χ1v) is 10.0. The van der Waals surface area contributed by atoms with Crippen LogP contribution in [-0.2, 0) is 4.79 Å². The van der Waals surface area contributed by atoms with Gasteiger partial charge in [0.05, 0.1) is 6.04 Å². The Morgan fingerprint density at radius 1 is 0.929 bits per heavy atom. The summed E-state index contributed by atoms with van der Waals surface area (Å²) in [5, 5.41) is 5.46. The fraction of sp³-hybridized carbons (Fsp3) is 0.320. The Labute approximate surface area is 167 Å². The second-order valence-corrected chi connectivity index (χ2v) is 7.35. The third-order valence-electron chi connectivity index (χ3n) is 5.19. The minimum Gasteiger partial charge on any atom is -0.481 e. The van der Waals surface area contributed by atoms with Gasteiger partial charge in [0.25, 0.3) is 5.91 Å². The van der Waals surface area contributed by atoms with E-state index in [1.54, 1.807) is 0 Å². The summed E-state index contributed by atoms with van der Waals surface area (Å²) in [4.78, 5) is 12.9. The van der Waals surface area contributed by atoms with E-state index in [9.17, 15) is 4.79 Å². The summed E-state index contributed by atoms with van der Waals surface area (Å²) in [6, 6.07) is 20.5. The molecule has 2 atom stereocenters. The molecule has 0 saturated carbocycles. The Bertz CT molecular complexity index is 964. The number of carbonyl (C=O) groups is 1. The predicted molar refractivity (Wildman–Crippen MR) is 116 cm³/mol. The molecule has 0 aromatic heterocycles. The Morgan fingerprint density at radius 3 is 2.36 bits per heavy atom. The predicted octanol–water partition coefficient (Wildman–Crippen LogP) is 5.88. The van der Waals surface area contributed by atoms with Crippen LogP contribution < -0.4 is 10.1 Å². The number of hydrogen-bond donors (Lipinski definition) is 1. The van der Waals surface area contributed by atoms with E-state index in [0.717, 1.165) is 22.9 Å². The maximum absolute atomic E-state index is 12.9. The largest absolute Gasteiger partial charge is 0.481 e. The zero-order valence-corrected chi connectivity index (χ0v) is 17.2. The molecule has 0 aliphatic heterocycles. The van der Waals surface area contributed by atoms with Crippen LogP contribution in [0.4, 0.5) is 0 Å². The first kappa shape index (κ1) is 19.9. The molecule has 3 nitrogen and oxygen atoms in total. The molecule has 3 aromatic rings. The number of hydrogen-bond acceptors (Lipinski definition) is 2. The third kappa shape index (κ3) is 4.53. The van der Waals surface area contributed by atoms with E-state index >= 15 is 0 Å². The lowest BCUT2D eigenvalue weighted by molar-refractivity contribution is -0.128. The highest BCUT2D eigenvalue weighted by atomic mass is 16.5. The Morgan fingerprint density at radius 2 is 1.68 bits per heavy atom. The molecule has 146 valence electrons. The van der Waals surface area contributed by atoms with Gasteiger partial charge in [-0.25, -0.2) is 0 Å². The van der Waals surface area contributed by atoms with Gasteiger partial charge < -0.3 is 10.1 Å². The number of fused-ring (bicyclic) bond motifs is 1. The summed E-state index contributed by atoms with van der Waals surface area (Å²) in [5.41, 5.74) is 3.60. The SMILES string of the molecule is CC[C@H](Oc1ccc2ccccc2c1)C(=O)N[C@H](CC)c1ccc(C)cc1C. The highest BCUT2D eigenvalue weighted by molar-refractivity contribution is 5.84. The van der Waals surface area contributed by atoms with E-state index in [-0.39, 0.29) is 11.9 Å². The molecule has 1 N–H and O–H groups in total. The van der Waals surface area contributed by atoms with Crippen LogP contribution in [0.15, 0.2) is 60.7 Å². The van der Waals surface area contributed by atoms with Crippen molar-refractivity contribution in [2.24, 2.45) is 0 Å². The van der Waals surface area contributed by atoms with Crippen molar-refractivity contribution >= 4 is 16.7 Å². The molecule has 1 amide bonds. The Balaban J connectivity index is 1.74. The highest BCUT2D eigenvalue weighted by Crippen LogP contribution is 2.24. The number of nitrogens with one attached hydrogen (secondary N) is 1. The summed E-state index contributed by atoms with van der Waals surface area (Å²) in [7, 11) is 0. The van der Waals surface area contributed by atoms with Gasteiger partial charge in [-0.05, 0) is 60.7 Å². The zero-order valence-electron chi connectivity index (χ0n) is 17.2. The standard InChI is InChI=1S/C25H29NO2/c1-5-23(22-14-11-17(3)15-18(22)4)26-25(27)24(6-2)28-21-13-12-19-9-7-8-10-20(19)16-21/h7-16,23-24H,5-6H2,1-4H3,(H,26,27)/t23-,24+/m1/s1. The Kier molecular flexibility index (Phi) is 6.35. The molecular weight excluding hydrogens is 346 g/mol. The average Bonchev–Trinajstić information content (AvgIpc) is 2.70. The topological polar surface area (TPSA) is 38.3 Å². The highest BCUT2D eigenvalue weighted by Gasteiger charge is 2.22. The molecule has 0 aliphatic carbocycles. The van der Waals surface area contributed by atoms with Gasteiger partial charge in [-0.1, -0.05) is 67.9 Å². The van der Waals surface area contributed by atoms with Crippen molar-refractivity contribution in [1.82, 2.24) is 5.32 Å². The van der Waals surface area contributed by atoms with Crippen molar-refractivity contribution in [3.63, 3.8) is 0 Å². The third-order valence-corrected chi connectivity index (χ3v) is 5.19. The molecule has 0 saturated heterocycles. The van der Waals surface area contributed by atoms with E-state index in [1.807, 2.05) is 37.3 Å². The van der Waals surface area contributed by atoms with Crippen molar-refractivity contribution in [3.05, 3.63) is 77.4 Å². The molecule has 3 heteroatoms. The minimum atomic E-state index is -0.513. The first-order chi connectivity index (χ1) is 13.5. The molecule has 3 aromatic carbocycles. The van der Waals surface area contributed by atoms with Crippen LogP contribution in [0, 0.1) is 13.8 Å². The quantitative estimate of drug-likeness (QED) is 0.560. The van der Waals surface area contributed by atoms with Gasteiger partial charge in [0, 0.05) is 0 Å². The summed E-state index contributed by atoms with van der Waals surface area (Å²) in [6.45, 7) is 8.25. The lowest BCUT2D eigenvalue weighted by atomic mass is 9.97. The molecule has 0 bridgehead atoms. The number of rotatable bonds is 7. The molecule has 3 rings (SSSR count). The summed E-state index contributed by atoms with van der Waals surface area (Å²) < 4.78 is 6.05. The molecule has 0 spiro atoms. The minimum absolute atomic E-state index is 0.0117. The molecule has 0 fully saturated rings. The number of benzene rings is 3. The van der Waals surface area contributed by atoms with Gasteiger partial charge >= 0.3 is 0 Å². The van der Waals surface area contributed by atoms with E-state index in [1.165, 1.54) is 16.7 Å². The molecule has 0 unspecified atom stereocenters. The fourth-order valence-corrected chi connectivity index (χ4v) is 3.61. The average molecular weight is 376 g/mol. The molecule has 0 aliphatic rings. The van der Waals surface area contributed by atoms with Crippen LogP contribution in [0.5, 0.6) is 5.75 Å². The van der Waals surface area contributed by atoms with Crippen molar-refractivity contribution in [2.75, 3.05) is 0 Å². The van der Waals surface area contributed by atoms with Crippen LogP contribution in [0.2, 0.25) is 0 Å². The van der Waals surface area contributed by atoms with Crippen molar-refractivity contribution < 1.29 is 9.53 Å².